The minimum Gasteiger partial charge on any atom is -0.394 e. The third kappa shape index (κ3) is 6.35. The molecular weight excluding hydrogens is 476 g/mol. The van der Waals surface area contributed by atoms with E-state index >= 15 is 0 Å². The minimum absolute atomic E-state index is 0.526. The normalized spacial score (nSPS) is 52.0. The van der Waals surface area contributed by atoms with Crippen LogP contribution >= 0.6 is 0 Å². The fourth-order valence-electron chi connectivity index (χ4n) is 3.41. The zero-order valence-corrected chi connectivity index (χ0v) is 17.5. The van der Waals surface area contributed by atoms with Gasteiger partial charge in [0.2, 0.25) is 0 Å². The second-order valence-electron chi connectivity index (χ2n) is 7.92. The highest BCUT2D eigenvalue weighted by Gasteiger charge is 2.50. The van der Waals surface area contributed by atoms with Gasteiger partial charge in [0, 0.05) is 0 Å². The lowest BCUT2D eigenvalue weighted by atomic mass is 9.98. The molecule has 0 radical (unpaired) electrons. The van der Waals surface area contributed by atoms with E-state index in [0.717, 1.165) is 0 Å². The van der Waals surface area contributed by atoms with Crippen LogP contribution in [0.25, 0.3) is 0 Å². The maximum Gasteiger partial charge on any atom is 0.189 e. The Balaban J connectivity index is 0.000000287. The molecule has 0 aromatic carbocycles. The van der Waals surface area contributed by atoms with E-state index in [1.807, 2.05) is 0 Å². The summed E-state index contributed by atoms with van der Waals surface area (Å²) >= 11 is 0. The number of rotatable bonds is 4. The van der Waals surface area contributed by atoms with Crippen molar-refractivity contribution in [3.8, 4) is 0 Å². The summed E-state index contributed by atoms with van der Waals surface area (Å²) in [5, 5.41) is 121. The van der Waals surface area contributed by atoms with Crippen LogP contribution in [0, 0.1) is 0 Å². The Kier molecular flexibility index (Phi) is 10.9. The molecule has 0 amide bonds. The van der Waals surface area contributed by atoms with Crippen LogP contribution in [0.4, 0.5) is 0 Å². The van der Waals surface area contributed by atoms with Crippen LogP contribution in [-0.4, -0.2) is 172 Å². The fraction of sp³-hybridized carbons (Fsp3) is 1.00. The van der Waals surface area contributed by atoms with Gasteiger partial charge in [0.25, 0.3) is 0 Å². The molecule has 3 aliphatic heterocycles. The van der Waals surface area contributed by atoms with Crippen LogP contribution in [-0.2, 0) is 18.9 Å². The molecule has 15 atom stereocenters. The molecule has 0 bridgehead atoms. The van der Waals surface area contributed by atoms with Gasteiger partial charge in [0.15, 0.2) is 25.2 Å². The zero-order chi connectivity index (χ0) is 25.9. The topological polar surface area (TPSA) is 300 Å². The van der Waals surface area contributed by atoms with Gasteiger partial charge in [0.05, 0.1) is 13.2 Å². The molecule has 0 unspecified atom stereocenters. The predicted molar refractivity (Wildman–Crippen MR) is 99.7 cm³/mol. The van der Waals surface area contributed by atoms with Crippen molar-refractivity contribution in [3.05, 3.63) is 0 Å². The lowest BCUT2D eigenvalue weighted by molar-refractivity contribution is -0.375. The van der Waals surface area contributed by atoms with Gasteiger partial charge in [0.1, 0.15) is 67.1 Å². The first-order valence-electron chi connectivity index (χ1n) is 10.2. The Morgan fingerprint density at radius 2 is 0.853 bits per heavy atom. The van der Waals surface area contributed by atoms with Crippen molar-refractivity contribution >= 4 is 0 Å². The van der Waals surface area contributed by atoms with Crippen LogP contribution in [0.3, 0.4) is 0 Å². The molecule has 3 rings (SSSR count). The summed E-state index contributed by atoms with van der Waals surface area (Å²) in [4.78, 5) is 0. The van der Waals surface area contributed by atoms with Crippen molar-refractivity contribution in [1.82, 2.24) is 0 Å². The Bertz CT molecular complexity index is 606. The Labute approximate surface area is 191 Å². The van der Waals surface area contributed by atoms with Gasteiger partial charge in [-0.25, -0.2) is 0 Å². The summed E-state index contributed by atoms with van der Waals surface area (Å²) in [6, 6.07) is 0. The van der Waals surface area contributed by atoms with Crippen molar-refractivity contribution < 1.29 is 85.3 Å². The number of ether oxygens (including phenoxy) is 4. The SMILES string of the molecule is OC[C@H]1O[C@@H](O)[C@H](O)[C@H](O)[C@@H]1O[C@@H]1O[C@H](O)[C@@H](O)[C@H](O)[C@H]1O.OC[C@H]1O[C@H](O)[C@H](O)[C@@H](O)[C@@H]1O. The van der Waals surface area contributed by atoms with E-state index in [0.29, 0.717) is 0 Å². The molecule has 3 heterocycles. The van der Waals surface area contributed by atoms with E-state index in [1.165, 1.54) is 0 Å². The van der Waals surface area contributed by atoms with Gasteiger partial charge in [-0.15, -0.1) is 0 Å². The van der Waals surface area contributed by atoms with Gasteiger partial charge >= 0.3 is 0 Å². The smallest absolute Gasteiger partial charge is 0.189 e. The summed E-state index contributed by atoms with van der Waals surface area (Å²) in [6.07, 6.45) is -23.8. The van der Waals surface area contributed by atoms with Crippen LogP contribution in [0.15, 0.2) is 0 Å². The molecule has 17 nitrogen and oxygen atoms in total. The van der Waals surface area contributed by atoms with Crippen LogP contribution < -0.4 is 0 Å². The highest BCUT2D eigenvalue weighted by atomic mass is 16.8. The molecule has 0 aromatic rings. The molecule has 0 aromatic heterocycles. The molecule has 0 aliphatic carbocycles. The average molecular weight is 508 g/mol. The van der Waals surface area contributed by atoms with Gasteiger partial charge in [-0.2, -0.15) is 0 Å². The van der Waals surface area contributed by atoms with Gasteiger partial charge in [-0.1, -0.05) is 0 Å². The Morgan fingerprint density at radius 3 is 1.35 bits per heavy atom. The standard InChI is InChI=1S/C11H20O11.C6H12O6/c12-1-2-8(4(14)6(16)9(18)20-2)21-11-7(17)3(13)5(15)10(19)22-11;7-1-2-3(8)4(9)5(10)6(11)12-2/h2-19H,1H2;2-11H,1H2/t2-,3+,4+,5+,6-,7-,8-,9-,10+,11-;2-,3-,4+,5-,6+/m11/s1. The van der Waals surface area contributed by atoms with Crippen molar-refractivity contribution in [1.29, 1.82) is 0 Å². The summed E-state index contributed by atoms with van der Waals surface area (Å²) < 4.78 is 19.3. The fourth-order valence-corrected chi connectivity index (χ4v) is 3.41. The highest BCUT2D eigenvalue weighted by molar-refractivity contribution is 4.92. The van der Waals surface area contributed by atoms with Crippen molar-refractivity contribution in [2.24, 2.45) is 0 Å². The van der Waals surface area contributed by atoms with Crippen LogP contribution in [0.1, 0.15) is 0 Å². The van der Waals surface area contributed by atoms with Gasteiger partial charge in [-0.3, -0.25) is 0 Å². The van der Waals surface area contributed by atoms with Gasteiger partial charge in [-0.05, 0) is 0 Å². The lowest BCUT2D eigenvalue weighted by Crippen LogP contribution is -2.64. The Hall–Kier alpha value is -0.680. The first-order chi connectivity index (χ1) is 15.8. The van der Waals surface area contributed by atoms with E-state index in [-0.39, 0.29) is 0 Å². The van der Waals surface area contributed by atoms with E-state index in [4.69, 9.17) is 39.7 Å². The van der Waals surface area contributed by atoms with Crippen LogP contribution in [0.2, 0.25) is 0 Å². The summed E-state index contributed by atoms with van der Waals surface area (Å²) in [6.45, 7) is -1.22. The second kappa shape index (κ2) is 12.5. The first-order valence-corrected chi connectivity index (χ1v) is 10.2. The van der Waals surface area contributed by atoms with E-state index in [9.17, 15) is 40.9 Å². The van der Waals surface area contributed by atoms with E-state index in [2.05, 4.69) is 4.74 Å². The molecule has 3 fully saturated rings. The summed E-state index contributed by atoms with van der Waals surface area (Å²) in [5.74, 6) is 0. The zero-order valence-electron chi connectivity index (χ0n) is 17.5. The number of aliphatic hydroxyl groups is 13. The molecule has 0 saturated carbocycles. The lowest BCUT2D eigenvalue weighted by Gasteiger charge is -2.44. The second-order valence-corrected chi connectivity index (χ2v) is 7.92. The number of hydrogen-bond donors (Lipinski definition) is 13. The molecule has 13 N–H and O–H groups in total. The van der Waals surface area contributed by atoms with Crippen molar-refractivity contribution in [2.75, 3.05) is 13.2 Å². The highest BCUT2D eigenvalue weighted by Crippen LogP contribution is 2.28. The Morgan fingerprint density at radius 1 is 0.441 bits per heavy atom. The molecule has 34 heavy (non-hydrogen) atoms. The van der Waals surface area contributed by atoms with Crippen molar-refractivity contribution in [2.45, 2.75) is 92.3 Å². The molecule has 17 heteroatoms. The minimum atomic E-state index is -1.85. The summed E-state index contributed by atoms with van der Waals surface area (Å²) in [7, 11) is 0. The number of aliphatic hydroxyl groups excluding tert-OH is 13. The van der Waals surface area contributed by atoms with E-state index < -0.39 is 106 Å². The molecule has 202 valence electrons. The quantitative estimate of drug-likeness (QED) is 0.168. The van der Waals surface area contributed by atoms with Crippen molar-refractivity contribution in [3.63, 3.8) is 0 Å². The third-order valence-corrected chi connectivity index (χ3v) is 5.54. The van der Waals surface area contributed by atoms with E-state index in [1.54, 1.807) is 0 Å². The summed E-state index contributed by atoms with van der Waals surface area (Å²) in [5.41, 5.74) is 0. The van der Waals surface area contributed by atoms with Crippen LogP contribution in [0.5, 0.6) is 0 Å². The molecular formula is C17H32O17. The average Bonchev–Trinajstić information content (AvgIpc) is 2.82. The maximum atomic E-state index is 9.87. The largest absolute Gasteiger partial charge is 0.394 e. The molecule has 0 spiro atoms. The third-order valence-electron chi connectivity index (χ3n) is 5.54. The predicted octanol–water partition coefficient (Wildman–Crippen LogP) is -8.66. The number of hydrogen-bond acceptors (Lipinski definition) is 17. The monoisotopic (exact) mass is 508 g/mol. The van der Waals surface area contributed by atoms with Gasteiger partial charge < -0.3 is 85.3 Å². The molecule has 3 saturated heterocycles. The molecule has 3 aliphatic rings. The first kappa shape index (κ1) is 29.5. The maximum absolute atomic E-state index is 9.87.